The highest BCUT2D eigenvalue weighted by Gasteiger charge is 2.57. The average Bonchev–Trinajstić information content (AvgIpc) is 2.69. The molecule has 3 saturated carbocycles. The highest BCUT2D eigenvalue weighted by molar-refractivity contribution is 6.99. The Kier molecular flexibility index (Phi) is 5.29. The van der Waals surface area contributed by atoms with Crippen molar-refractivity contribution < 1.29 is 4.43 Å². The summed E-state index contributed by atoms with van der Waals surface area (Å²) in [7, 11) is -2.46. The first-order chi connectivity index (χ1) is 13.7. The van der Waals surface area contributed by atoms with Crippen LogP contribution in [0.1, 0.15) is 47.5 Å². The molecule has 0 spiro atoms. The Bertz CT molecular complexity index is 787. The van der Waals surface area contributed by atoms with Gasteiger partial charge in [-0.1, -0.05) is 95.3 Å². The van der Waals surface area contributed by atoms with Crippen molar-refractivity contribution in [3.63, 3.8) is 0 Å². The molecule has 2 nitrogen and oxygen atoms in total. The molecule has 4 atom stereocenters. The fourth-order valence-electron chi connectivity index (χ4n) is 6.13. The molecule has 2 N–H and O–H groups in total. The lowest BCUT2D eigenvalue weighted by atomic mass is 9.45. The van der Waals surface area contributed by atoms with Crippen LogP contribution in [0.15, 0.2) is 60.7 Å². The fraction of sp³-hybridized carbons (Fsp3) is 0.538. The predicted molar refractivity (Wildman–Crippen MR) is 125 cm³/mol. The molecule has 0 aromatic heterocycles. The van der Waals surface area contributed by atoms with Crippen molar-refractivity contribution in [3.05, 3.63) is 60.7 Å². The highest BCUT2D eigenvalue weighted by atomic mass is 28.4. The molecule has 4 unspecified atom stereocenters. The molecule has 3 heteroatoms. The van der Waals surface area contributed by atoms with Crippen molar-refractivity contribution in [2.24, 2.45) is 28.9 Å². The third-order valence-corrected chi connectivity index (χ3v) is 13.1. The van der Waals surface area contributed by atoms with Crippen LogP contribution in [0.25, 0.3) is 0 Å². The maximum Gasteiger partial charge on any atom is 0.261 e. The first-order valence-corrected chi connectivity index (χ1v) is 13.1. The zero-order valence-corrected chi connectivity index (χ0v) is 19.7. The lowest BCUT2D eigenvalue weighted by molar-refractivity contribution is -0.111. The Morgan fingerprint density at radius 3 is 1.86 bits per heavy atom. The predicted octanol–water partition coefficient (Wildman–Crippen LogP) is 4.57. The number of benzene rings is 2. The van der Waals surface area contributed by atoms with Gasteiger partial charge in [0, 0.05) is 12.6 Å². The van der Waals surface area contributed by atoms with E-state index in [4.69, 9.17) is 10.2 Å². The van der Waals surface area contributed by atoms with Gasteiger partial charge >= 0.3 is 0 Å². The normalized spacial score (nSPS) is 28.6. The second-order valence-corrected chi connectivity index (χ2v) is 15.2. The summed E-state index contributed by atoms with van der Waals surface area (Å²) in [6.07, 6.45) is 2.52. The van der Waals surface area contributed by atoms with Crippen molar-refractivity contribution >= 4 is 18.7 Å². The molecule has 2 aromatic rings. The van der Waals surface area contributed by atoms with Crippen LogP contribution >= 0.6 is 0 Å². The summed E-state index contributed by atoms with van der Waals surface area (Å²) < 4.78 is 7.17. The Hall–Kier alpha value is -1.42. The van der Waals surface area contributed by atoms with Gasteiger partial charge in [0.25, 0.3) is 8.32 Å². The van der Waals surface area contributed by atoms with Gasteiger partial charge in [-0.2, -0.15) is 0 Å². The summed E-state index contributed by atoms with van der Waals surface area (Å²) in [5.74, 6) is 1.92. The second kappa shape index (κ2) is 7.37. The smallest absolute Gasteiger partial charge is 0.261 e. The standard InChI is InChI=1S/C26H37NOSi/c1-25(2,3)29(21-12-8-6-9-13-21,22-14-10-7-11-15-22)28-18-19-16-20-17-23(24(19)27)26(20,4)5/h6-15,19-20,23-24H,16-18,27H2,1-5H3. The quantitative estimate of drug-likeness (QED) is 0.737. The van der Waals surface area contributed by atoms with E-state index in [0.29, 0.717) is 17.3 Å². The number of nitrogens with two attached hydrogens (primary N) is 1. The summed E-state index contributed by atoms with van der Waals surface area (Å²) in [5, 5.41) is 2.73. The Balaban J connectivity index is 1.69. The summed E-state index contributed by atoms with van der Waals surface area (Å²) in [6, 6.07) is 22.1. The second-order valence-electron chi connectivity index (χ2n) is 10.9. The van der Waals surface area contributed by atoms with E-state index >= 15 is 0 Å². The van der Waals surface area contributed by atoms with E-state index in [0.717, 1.165) is 12.5 Å². The monoisotopic (exact) mass is 407 g/mol. The minimum absolute atomic E-state index is 0.0245. The van der Waals surface area contributed by atoms with E-state index in [2.05, 4.69) is 95.3 Å². The third-order valence-electron chi connectivity index (χ3n) is 8.07. The summed E-state index contributed by atoms with van der Waals surface area (Å²) in [5.41, 5.74) is 7.20. The van der Waals surface area contributed by atoms with Gasteiger partial charge in [-0.3, -0.25) is 0 Å². The van der Waals surface area contributed by atoms with Crippen LogP contribution in [-0.2, 0) is 4.43 Å². The van der Waals surface area contributed by atoms with E-state index in [-0.39, 0.29) is 11.1 Å². The van der Waals surface area contributed by atoms with Gasteiger partial charge in [-0.15, -0.1) is 0 Å². The maximum absolute atomic E-state index is 7.17. The van der Waals surface area contributed by atoms with Gasteiger partial charge in [0.1, 0.15) is 0 Å². The van der Waals surface area contributed by atoms with Crippen molar-refractivity contribution in [2.45, 2.75) is 58.5 Å². The molecule has 3 aliphatic carbocycles. The molecule has 5 rings (SSSR count). The number of fused-ring (bicyclic) bond motifs is 2. The van der Waals surface area contributed by atoms with Crippen LogP contribution in [0.5, 0.6) is 0 Å². The van der Waals surface area contributed by atoms with Crippen molar-refractivity contribution in [1.29, 1.82) is 0 Å². The lowest BCUT2D eigenvalue weighted by Crippen LogP contribution is -2.68. The topological polar surface area (TPSA) is 35.2 Å². The zero-order chi connectivity index (χ0) is 20.9. The fourth-order valence-corrected chi connectivity index (χ4v) is 10.8. The molecule has 0 heterocycles. The molecule has 2 aromatic carbocycles. The van der Waals surface area contributed by atoms with E-state index in [1.54, 1.807) is 0 Å². The van der Waals surface area contributed by atoms with Crippen molar-refractivity contribution in [2.75, 3.05) is 6.61 Å². The Labute approximate surface area is 178 Å². The molecule has 0 aliphatic heterocycles. The van der Waals surface area contributed by atoms with Gasteiger partial charge in [-0.05, 0) is 51.4 Å². The molecule has 2 bridgehead atoms. The molecule has 3 aliphatic rings. The summed E-state index contributed by atoms with van der Waals surface area (Å²) >= 11 is 0. The number of hydrogen-bond donors (Lipinski definition) is 1. The van der Waals surface area contributed by atoms with Crippen molar-refractivity contribution in [3.8, 4) is 0 Å². The van der Waals surface area contributed by atoms with Crippen LogP contribution < -0.4 is 16.1 Å². The minimum atomic E-state index is -2.46. The molecular weight excluding hydrogens is 370 g/mol. The third kappa shape index (κ3) is 3.32. The molecule has 0 amide bonds. The van der Waals surface area contributed by atoms with Crippen LogP contribution in [0.4, 0.5) is 0 Å². The van der Waals surface area contributed by atoms with Gasteiger partial charge in [0.15, 0.2) is 0 Å². The summed E-state index contributed by atoms with van der Waals surface area (Å²) in [6.45, 7) is 12.6. The van der Waals surface area contributed by atoms with Crippen LogP contribution in [0.3, 0.4) is 0 Å². The van der Waals surface area contributed by atoms with E-state index in [1.165, 1.54) is 23.2 Å². The largest absolute Gasteiger partial charge is 0.407 e. The molecule has 0 saturated heterocycles. The van der Waals surface area contributed by atoms with Gasteiger partial charge in [0.05, 0.1) is 0 Å². The number of hydrogen-bond acceptors (Lipinski definition) is 2. The minimum Gasteiger partial charge on any atom is -0.407 e. The van der Waals surface area contributed by atoms with Gasteiger partial charge in [-0.25, -0.2) is 0 Å². The molecule has 0 radical (unpaired) electrons. The van der Waals surface area contributed by atoms with E-state index < -0.39 is 8.32 Å². The van der Waals surface area contributed by atoms with Crippen LogP contribution in [0, 0.1) is 23.2 Å². The Morgan fingerprint density at radius 1 is 0.931 bits per heavy atom. The Morgan fingerprint density at radius 2 is 1.45 bits per heavy atom. The first-order valence-electron chi connectivity index (χ1n) is 11.2. The molecular formula is C26H37NOSi. The first kappa shape index (κ1) is 20.8. The average molecular weight is 408 g/mol. The zero-order valence-electron chi connectivity index (χ0n) is 18.7. The van der Waals surface area contributed by atoms with E-state index in [9.17, 15) is 0 Å². The van der Waals surface area contributed by atoms with E-state index in [1.807, 2.05) is 0 Å². The van der Waals surface area contributed by atoms with Crippen molar-refractivity contribution in [1.82, 2.24) is 0 Å². The van der Waals surface area contributed by atoms with Gasteiger partial charge < -0.3 is 10.2 Å². The van der Waals surface area contributed by atoms with Gasteiger partial charge in [0.2, 0.25) is 0 Å². The molecule has 156 valence electrons. The summed E-state index contributed by atoms with van der Waals surface area (Å²) in [4.78, 5) is 0. The SMILES string of the molecule is CC1(C)C2CC(CO[Si](c3ccccc3)(c3ccccc3)C(C)(C)C)C(N)C1C2. The number of rotatable bonds is 5. The van der Waals surface area contributed by atoms with Crippen LogP contribution in [-0.4, -0.2) is 21.0 Å². The maximum atomic E-state index is 7.17. The molecule has 29 heavy (non-hydrogen) atoms. The lowest BCUT2D eigenvalue weighted by Gasteiger charge is -2.62. The molecule has 3 fully saturated rings. The highest BCUT2D eigenvalue weighted by Crippen LogP contribution is 2.60. The van der Waals surface area contributed by atoms with Crippen LogP contribution in [0.2, 0.25) is 5.04 Å².